The first-order valence-electron chi connectivity index (χ1n) is 7.20. The Morgan fingerprint density at radius 2 is 2.09 bits per heavy atom. The number of hydrogen-bond acceptors (Lipinski definition) is 5. The van der Waals surface area contributed by atoms with E-state index in [2.05, 4.69) is 10.3 Å². The summed E-state index contributed by atoms with van der Waals surface area (Å²) in [6.45, 7) is 3.64. The highest BCUT2D eigenvalue weighted by atomic mass is 16.5. The maximum atomic E-state index is 12.0. The van der Waals surface area contributed by atoms with Crippen LogP contribution in [0.1, 0.15) is 19.4 Å². The first kappa shape index (κ1) is 16.8. The number of ether oxygens (including phenoxy) is 2. The van der Waals surface area contributed by atoms with Crippen LogP contribution in [-0.2, 0) is 11.4 Å². The normalized spacial score (nSPS) is 11.0. The number of amides is 1. The SMILES string of the molecule is COc1ccc(NC(=O)C(C)(C)N)cc1OCc1cccnc1. The molecule has 0 aliphatic carbocycles. The lowest BCUT2D eigenvalue weighted by Gasteiger charge is -2.18. The zero-order valence-electron chi connectivity index (χ0n) is 13.5. The van der Waals surface area contributed by atoms with E-state index < -0.39 is 5.54 Å². The van der Waals surface area contributed by atoms with E-state index in [-0.39, 0.29) is 5.91 Å². The maximum absolute atomic E-state index is 12.0. The molecule has 1 aromatic carbocycles. The lowest BCUT2D eigenvalue weighted by Crippen LogP contribution is -2.45. The second-order valence-corrected chi connectivity index (χ2v) is 5.69. The lowest BCUT2D eigenvalue weighted by molar-refractivity contribution is -0.120. The Balaban J connectivity index is 2.14. The first-order chi connectivity index (χ1) is 10.9. The number of aromatic nitrogens is 1. The highest BCUT2D eigenvalue weighted by molar-refractivity contribution is 5.97. The van der Waals surface area contributed by atoms with Crippen molar-refractivity contribution in [3.05, 3.63) is 48.3 Å². The second-order valence-electron chi connectivity index (χ2n) is 5.69. The van der Waals surface area contributed by atoms with E-state index in [4.69, 9.17) is 15.2 Å². The highest BCUT2D eigenvalue weighted by Gasteiger charge is 2.22. The minimum absolute atomic E-state index is 0.277. The molecule has 23 heavy (non-hydrogen) atoms. The molecule has 0 saturated heterocycles. The van der Waals surface area contributed by atoms with Gasteiger partial charge in [0.25, 0.3) is 0 Å². The molecule has 1 amide bonds. The van der Waals surface area contributed by atoms with Gasteiger partial charge in [0, 0.05) is 29.7 Å². The van der Waals surface area contributed by atoms with Gasteiger partial charge >= 0.3 is 0 Å². The highest BCUT2D eigenvalue weighted by Crippen LogP contribution is 2.31. The zero-order chi connectivity index (χ0) is 16.9. The molecule has 6 nitrogen and oxygen atoms in total. The third-order valence-electron chi connectivity index (χ3n) is 3.12. The van der Waals surface area contributed by atoms with Gasteiger partial charge in [-0.15, -0.1) is 0 Å². The quantitative estimate of drug-likeness (QED) is 0.854. The van der Waals surface area contributed by atoms with Crippen LogP contribution in [0, 0.1) is 0 Å². The summed E-state index contributed by atoms with van der Waals surface area (Å²) < 4.78 is 11.1. The molecule has 0 fully saturated rings. The van der Waals surface area contributed by atoms with Gasteiger partial charge in [-0.3, -0.25) is 9.78 Å². The summed E-state index contributed by atoms with van der Waals surface area (Å²) in [5, 5.41) is 2.76. The van der Waals surface area contributed by atoms with Gasteiger partial charge in [0.2, 0.25) is 5.91 Å². The van der Waals surface area contributed by atoms with Gasteiger partial charge in [0.05, 0.1) is 12.6 Å². The monoisotopic (exact) mass is 315 g/mol. The predicted molar refractivity (Wildman–Crippen MR) is 88.5 cm³/mol. The predicted octanol–water partition coefficient (Wildman–Crippen LogP) is 2.34. The molecule has 122 valence electrons. The van der Waals surface area contributed by atoms with E-state index >= 15 is 0 Å². The van der Waals surface area contributed by atoms with Gasteiger partial charge in [-0.2, -0.15) is 0 Å². The average Bonchev–Trinajstić information content (AvgIpc) is 2.53. The molecule has 0 radical (unpaired) electrons. The third-order valence-corrected chi connectivity index (χ3v) is 3.12. The molecule has 0 atom stereocenters. The van der Waals surface area contributed by atoms with Crippen LogP contribution >= 0.6 is 0 Å². The average molecular weight is 315 g/mol. The lowest BCUT2D eigenvalue weighted by atomic mass is 10.1. The number of rotatable bonds is 6. The summed E-state index contributed by atoms with van der Waals surface area (Å²) in [5.74, 6) is 0.837. The van der Waals surface area contributed by atoms with Crippen molar-refractivity contribution in [3.63, 3.8) is 0 Å². The van der Waals surface area contributed by atoms with Crippen molar-refractivity contribution >= 4 is 11.6 Å². The van der Waals surface area contributed by atoms with Crippen molar-refractivity contribution in [2.75, 3.05) is 12.4 Å². The number of pyridine rings is 1. The van der Waals surface area contributed by atoms with Crippen LogP contribution in [0.3, 0.4) is 0 Å². The topological polar surface area (TPSA) is 86.5 Å². The van der Waals surface area contributed by atoms with Crippen molar-refractivity contribution in [2.45, 2.75) is 26.0 Å². The number of nitrogens with one attached hydrogen (secondary N) is 1. The number of carbonyl (C=O) groups is 1. The fourth-order valence-electron chi connectivity index (χ4n) is 1.80. The molecule has 1 aromatic heterocycles. The first-order valence-corrected chi connectivity index (χ1v) is 7.20. The van der Waals surface area contributed by atoms with Gasteiger partial charge < -0.3 is 20.5 Å². The van der Waals surface area contributed by atoms with Crippen LogP contribution in [0.15, 0.2) is 42.7 Å². The molecule has 0 bridgehead atoms. The van der Waals surface area contributed by atoms with E-state index in [1.165, 1.54) is 0 Å². The maximum Gasteiger partial charge on any atom is 0.243 e. The molecule has 0 saturated carbocycles. The zero-order valence-corrected chi connectivity index (χ0v) is 13.5. The van der Waals surface area contributed by atoms with Crippen molar-refractivity contribution in [3.8, 4) is 11.5 Å². The summed E-state index contributed by atoms with van der Waals surface area (Å²) in [7, 11) is 1.56. The fraction of sp³-hybridized carbons (Fsp3) is 0.294. The van der Waals surface area contributed by atoms with E-state index in [0.717, 1.165) is 5.56 Å². The molecule has 0 aliphatic heterocycles. The molecule has 3 N–H and O–H groups in total. The van der Waals surface area contributed by atoms with Gasteiger partial charge in [-0.05, 0) is 32.0 Å². The molecule has 2 aromatic rings. The van der Waals surface area contributed by atoms with Crippen LogP contribution in [0.4, 0.5) is 5.69 Å². The summed E-state index contributed by atoms with van der Waals surface area (Å²) in [6, 6.07) is 8.94. The Hall–Kier alpha value is -2.60. The number of nitrogens with zero attached hydrogens (tertiary/aromatic N) is 1. The molecule has 0 unspecified atom stereocenters. The van der Waals surface area contributed by atoms with Crippen LogP contribution in [0.25, 0.3) is 0 Å². The molecule has 2 rings (SSSR count). The Bertz CT molecular complexity index is 667. The smallest absolute Gasteiger partial charge is 0.243 e. The van der Waals surface area contributed by atoms with Crippen molar-refractivity contribution < 1.29 is 14.3 Å². The van der Waals surface area contributed by atoms with Crippen molar-refractivity contribution in [2.24, 2.45) is 5.73 Å². The third kappa shape index (κ3) is 4.69. The van der Waals surface area contributed by atoms with Gasteiger partial charge in [-0.1, -0.05) is 6.07 Å². The van der Waals surface area contributed by atoms with E-state index in [1.807, 2.05) is 12.1 Å². The molecule has 1 heterocycles. The number of nitrogens with two attached hydrogens (primary N) is 1. The molecule has 0 spiro atoms. The minimum Gasteiger partial charge on any atom is -0.493 e. The molecular formula is C17H21N3O3. The number of methoxy groups -OCH3 is 1. The number of benzene rings is 1. The summed E-state index contributed by atoms with van der Waals surface area (Å²) in [5.41, 5.74) is 6.35. The van der Waals surface area contributed by atoms with Gasteiger partial charge in [-0.25, -0.2) is 0 Å². The minimum atomic E-state index is -0.962. The molecule has 6 heteroatoms. The van der Waals surface area contributed by atoms with E-state index in [0.29, 0.717) is 23.8 Å². The van der Waals surface area contributed by atoms with Crippen LogP contribution in [0.2, 0.25) is 0 Å². The molecule has 0 aliphatic rings. The van der Waals surface area contributed by atoms with E-state index in [1.54, 1.807) is 51.6 Å². The van der Waals surface area contributed by atoms with E-state index in [9.17, 15) is 4.79 Å². The Kier molecular flexibility index (Phi) is 5.18. The Labute approximate surface area is 135 Å². The second kappa shape index (κ2) is 7.11. The molecular weight excluding hydrogens is 294 g/mol. The van der Waals surface area contributed by atoms with Gasteiger partial charge in [0.1, 0.15) is 6.61 Å². The Morgan fingerprint density at radius 1 is 1.30 bits per heavy atom. The van der Waals surface area contributed by atoms with Crippen LogP contribution in [-0.4, -0.2) is 23.5 Å². The number of carbonyl (C=O) groups excluding carboxylic acids is 1. The van der Waals surface area contributed by atoms with Crippen molar-refractivity contribution in [1.29, 1.82) is 0 Å². The largest absolute Gasteiger partial charge is 0.493 e. The van der Waals surface area contributed by atoms with Gasteiger partial charge in [0.15, 0.2) is 11.5 Å². The fourth-order valence-corrected chi connectivity index (χ4v) is 1.80. The summed E-state index contributed by atoms with van der Waals surface area (Å²) in [4.78, 5) is 16.0. The Morgan fingerprint density at radius 3 is 2.70 bits per heavy atom. The number of anilines is 1. The summed E-state index contributed by atoms with van der Waals surface area (Å²) in [6.07, 6.45) is 3.43. The number of hydrogen-bond donors (Lipinski definition) is 2. The summed E-state index contributed by atoms with van der Waals surface area (Å²) >= 11 is 0. The standard InChI is InChI=1S/C17H21N3O3/c1-17(2,18)16(21)20-13-6-7-14(22-3)15(9-13)23-11-12-5-4-8-19-10-12/h4-10H,11,18H2,1-3H3,(H,20,21). The van der Waals surface area contributed by atoms with Crippen LogP contribution in [0.5, 0.6) is 11.5 Å². The van der Waals surface area contributed by atoms with Crippen LogP contribution < -0.4 is 20.5 Å². The van der Waals surface area contributed by atoms with Crippen molar-refractivity contribution in [1.82, 2.24) is 4.98 Å².